The van der Waals surface area contributed by atoms with Gasteiger partial charge in [0.1, 0.15) is 0 Å². The van der Waals surface area contributed by atoms with Crippen LogP contribution in [0.15, 0.2) is 18.2 Å². The Labute approximate surface area is 109 Å². The number of benzene rings is 1. The largest absolute Gasteiger partial charge is 0.353 e. The molecule has 0 aromatic heterocycles. The lowest BCUT2D eigenvalue weighted by molar-refractivity contribution is -0.121. The van der Waals surface area contributed by atoms with Gasteiger partial charge < -0.3 is 10.6 Å². The molecule has 6 heteroatoms. The molecule has 102 valence electrons. The van der Waals surface area contributed by atoms with Crippen molar-refractivity contribution in [3.05, 3.63) is 35.4 Å². The van der Waals surface area contributed by atoms with Gasteiger partial charge in [0.05, 0.1) is 5.56 Å². The van der Waals surface area contributed by atoms with Crippen LogP contribution < -0.4 is 10.6 Å². The number of hydrogen-bond acceptors (Lipinski definition) is 2. The molecule has 2 rings (SSSR count). The van der Waals surface area contributed by atoms with Gasteiger partial charge in [-0.05, 0) is 25.0 Å². The van der Waals surface area contributed by atoms with Gasteiger partial charge in [0.15, 0.2) is 11.6 Å². The molecule has 19 heavy (non-hydrogen) atoms. The van der Waals surface area contributed by atoms with E-state index in [4.69, 9.17) is 0 Å². The summed E-state index contributed by atoms with van der Waals surface area (Å²) in [4.78, 5) is 22.9. The standard InChI is InChI=1S/C13H14F2N2O2/c14-10-3-1-2-9(12(10)15)13(19)16-7-6-11(18)17-8-4-5-8/h1-3,8H,4-7H2,(H,16,19)(H,17,18). The minimum absolute atomic E-state index is 0.0906. The first-order valence-electron chi connectivity index (χ1n) is 6.09. The minimum Gasteiger partial charge on any atom is -0.353 e. The molecular formula is C13H14F2N2O2. The third-order valence-electron chi connectivity index (χ3n) is 2.78. The fourth-order valence-electron chi connectivity index (χ4n) is 1.59. The molecule has 1 aromatic carbocycles. The lowest BCUT2D eigenvalue weighted by atomic mass is 10.2. The summed E-state index contributed by atoms with van der Waals surface area (Å²) in [5, 5.41) is 5.15. The molecule has 1 aliphatic carbocycles. The van der Waals surface area contributed by atoms with Gasteiger partial charge in [-0.3, -0.25) is 9.59 Å². The Morgan fingerprint density at radius 1 is 1.26 bits per heavy atom. The van der Waals surface area contributed by atoms with Crippen molar-refractivity contribution < 1.29 is 18.4 Å². The summed E-state index contributed by atoms with van der Waals surface area (Å²) in [6.45, 7) is 0.0906. The van der Waals surface area contributed by atoms with Crippen molar-refractivity contribution in [2.75, 3.05) is 6.54 Å². The van der Waals surface area contributed by atoms with Crippen LogP contribution in [-0.4, -0.2) is 24.4 Å². The van der Waals surface area contributed by atoms with Gasteiger partial charge in [-0.2, -0.15) is 0 Å². The van der Waals surface area contributed by atoms with Gasteiger partial charge in [-0.1, -0.05) is 6.07 Å². The third kappa shape index (κ3) is 3.74. The van der Waals surface area contributed by atoms with Crippen LogP contribution in [0, 0.1) is 11.6 Å². The highest BCUT2D eigenvalue weighted by Gasteiger charge is 2.23. The van der Waals surface area contributed by atoms with E-state index in [1.54, 1.807) is 0 Å². The number of rotatable bonds is 5. The maximum Gasteiger partial charge on any atom is 0.254 e. The molecule has 1 aliphatic rings. The van der Waals surface area contributed by atoms with Crippen molar-refractivity contribution in [3.63, 3.8) is 0 Å². The number of hydrogen-bond donors (Lipinski definition) is 2. The lowest BCUT2D eigenvalue weighted by Gasteiger charge is -2.06. The molecule has 2 N–H and O–H groups in total. The Balaban J connectivity index is 1.80. The van der Waals surface area contributed by atoms with Crippen LogP contribution in [0.5, 0.6) is 0 Å². The lowest BCUT2D eigenvalue weighted by Crippen LogP contribution is -2.32. The van der Waals surface area contributed by atoms with Crippen molar-refractivity contribution in [1.82, 2.24) is 10.6 Å². The average Bonchev–Trinajstić information content (AvgIpc) is 3.16. The van der Waals surface area contributed by atoms with E-state index in [0.29, 0.717) is 0 Å². The second-order valence-corrected chi connectivity index (χ2v) is 4.45. The van der Waals surface area contributed by atoms with Crippen molar-refractivity contribution in [3.8, 4) is 0 Å². The molecule has 1 fully saturated rings. The SMILES string of the molecule is O=C(CCNC(=O)c1cccc(F)c1F)NC1CC1. The summed E-state index contributed by atoms with van der Waals surface area (Å²) in [7, 11) is 0. The van der Waals surface area contributed by atoms with Crippen LogP contribution in [0.4, 0.5) is 8.78 Å². The summed E-state index contributed by atoms with van der Waals surface area (Å²) in [6.07, 6.45) is 2.11. The van der Waals surface area contributed by atoms with E-state index in [1.807, 2.05) is 0 Å². The van der Waals surface area contributed by atoms with E-state index in [2.05, 4.69) is 10.6 Å². The normalized spacial score (nSPS) is 14.0. The zero-order valence-electron chi connectivity index (χ0n) is 10.2. The van der Waals surface area contributed by atoms with Crippen molar-refractivity contribution in [2.45, 2.75) is 25.3 Å². The second kappa shape index (κ2) is 5.77. The number of halogens is 2. The Kier molecular flexibility index (Phi) is 4.09. The molecule has 4 nitrogen and oxygen atoms in total. The highest BCUT2D eigenvalue weighted by Crippen LogP contribution is 2.18. The molecule has 0 unspecified atom stereocenters. The smallest absolute Gasteiger partial charge is 0.254 e. The Morgan fingerprint density at radius 3 is 2.68 bits per heavy atom. The number of amides is 2. The number of nitrogens with one attached hydrogen (secondary N) is 2. The van der Waals surface area contributed by atoms with E-state index in [9.17, 15) is 18.4 Å². The first-order chi connectivity index (χ1) is 9.08. The highest BCUT2D eigenvalue weighted by atomic mass is 19.2. The van der Waals surface area contributed by atoms with E-state index in [0.717, 1.165) is 18.9 Å². The zero-order chi connectivity index (χ0) is 13.8. The summed E-state index contributed by atoms with van der Waals surface area (Å²) in [5.41, 5.74) is -0.359. The van der Waals surface area contributed by atoms with E-state index < -0.39 is 17.5 Å². The molecule has 0 radical (unpaired) electrons. The molecule has 0 atom stereocenters. The highest BCUT2D eigenvalue weighted by molar-refractivity contribution is 5.94. The topological polar surface area (TPSA) is 58.2 Å². The Bertz CT molecular complexity index is 501. The van der Waals surface area contributed by atoms with Crippen LogP contribution in [0.25, 0.3) is 0 Å². The van der Waals surface area contributed by atoms with Gasteiger partial charge in [0.2, 0.25) is 5.91 Å². The van der Waals surface area contributed by atoms with Crippen LogP contribution in [0.2, 0.25) is 0 Å². The Morgan fingerprint density at radius 2 is 2.00 bits per heavy atom. The summed E-state index contributed by atoms with van der Waals surface area (Å²) in [5.74, 6) is -3.12. The summed E-state index contributed by atoms with van der Waals surface area (Å²) < 4.78 is 26.2. The van der Waals surface area contributed by atoms with E-state index in [1.165, 1.54) is 12.1 Å². The van der Waals surface area contributed by atoms with Gasteiger partial charge in [-0.15, -0.1) is 0 Å². The molecule has 0 saturated heterocycles. The summed E-state index contributed by atoms with van der Waals surface area (Å²) >= 11 is 0. The quantitative estimate of drug-likeness (QED) is 0.847. The maximum absolute atomic E-state index is 13.3. The predicted octanol–water partition coefficient (Wildman–Crippen LogP) is 1.36. The molecule has 0 bridgehead atoms. The third-order valence-corrected chi connectivity index (χ3v) is 2.78. The van der Waals surface area contributed by atoms with Gasteiger partial charge in [0, 0.05) is 19.0 Å². The molecule has 0 aliphatic heterocycles. The molecule has 0 heterocycles. The minimum atomic E-state index is -1.18. The van der Waals surface area contributed by atoms with Crippen molar-refractivity contribution in [1.29, 1.82) is 0 Å². The van der Waals surface area contributed by atoms with Crippen LogP contribution in [-0.2, 0) is 4.79 Å². The van der Waals surface area contributed by atoms with Gasteiger partial charge in [-0.25, -0.2) is 8.78 Å². The first-order valence-corrected chi connectivity index (χ1v) is 6.09. The van der Waals surface area contributed by atoms with Crippen molar-refractivity contribution >= 4 is 11.8 Å². The monoisotopic (exact) mass is 268 g/mol. The maximum atomic E-state index is 13.3. The van der Waals surface area contributed by atoms with Gasteiger partial charge in [0.25, 0.3) is 5.91 Å². The molecule has 1 saturated carbocycles. The molecule has 0 spiro atoms. The van der Waals surface area contributed by atoms with E-state index in [-0.39, 0.29) is 30.5 Å². The average molecular weight is 268 g/mol. The van der Waals surface area contributed by atoms with Crippen LogP contribution >= 0.6 is 0 Å². The predicted molar refractivity (Wildman–Crippen MR) is 64.5 cm³/mol. The Hall–Kier alpha value is -1.98. The number of carbonyl (C=O) groups is 2. The fourth-order valence-corrected chi connectivity index (χ4v) is 1.59. The van der Waals surface area contributed by atoms with Crippen LogP contribution in [0.1, 0.15) is 29.6 Å². The first kappa shape index (κ1) is 13.5. The second-order valence-electron chi connectivity index (χ2n) is 4.45. The zero-order valence-corrected chi connectivity index (χ0v) is 10.2. The van der Waals surface area contributed by atoms with E-state index >= 15 is 0 Å². The summed E-state index contributed by atoms with van der Waals surface area (Å²) in [6, 6.07) is 3.66. The molecular weight excluding hydrogens is 254 g/mol. The number of carbonyl (C=O) groups excluding carboxylic acids is 2. The van der Waals surface area contributed by atoms with Gasteiger partial charge >= 0.3 is 0 Å². The fraction of sp³-hybridized carbons (Fsp3) is 0.385. The van der Waals surface area contributed by atoms with Crippen LogP contribution in [0.3, 0.4) is 0 Å². The molecule has 1 aromatic rings. The van der Waals surface area contributed by atoms with Crippen molar-refractivity contribution in [2.24, 2.45) is 0 Å². The molecule has 2 amide bonds.